The number of allylic oxidation sites excluding steroid dienone is 4. The number of nitrogens with one attached hydrogen (secondary N) is 7. The van der Waals surface area contributed by atoms with Crippen LogP contribution in [0.4, 0.5) is 9.59 Å². The van der Waals surface area contributed by atoms with Crippen LogP contribution < -0.4 is 43.0 Å². The Labute approximate surface area is 504 Å². The minimum atomic E-state index is -1.04. The molecule has 4 aliphatic heterocycles. The molecule has 9 N–H and O–H groups in total. The number of hydrogen-bond acceptors (Lipinski definition) is 15. The molecular formula is C62H91N9O15. The first-order valence-electron chi connectivity index (χ1n) is 30.4. The zero-order chi connectivity index (χ0) is 62.7. The Kier molecular flexibility index (Phi) is 25.7. The fourth-order valence-corrected chi connectivity index (χ4v) is 11.2. The second-order valence-electron chi connectivity index (χ2n) is 24.2. The molecule has 86 heavy (non-hydrogen) atoms. The number of carbonyl (C=O) groups is 10. The fraction of sp³-hybridized carbons (Fsp3) is 0.645. The topological polar surface area (TPSA) is 334 Å². The van der Waals surface area contributed by atoms with Gasteiger partial charge < -0.3 is 66.6 Å². The van der Waals surface area contributed by atoms with Crippen LogP contribution in [0.2, 0.25) is 0 Å². The zero-order valence-corrected chi connectivity index (χ0v) is 51.0. The van der Waals surface area contributed by atoms with E-state index in [1.54, 1.807) is 32.9 Å². The van der Waals surface area contributed by atoms with Gasteiger partial charge in [-0.25, -0.2) is 9.59 Å². The van der Waals surface area contributed by atoms with Crippen LogP contribution in [0.15, 0.2) is 72.0 Å². The van der Waals surface area contributed by atoms with E-state index < -0.39 is 48.1 Å². The predicted molar refractivity (Wildman–Crippen MR) is 316 cm³/mol. The summed E-state index contributed by atoms with van der Waals surface area (Å²) in [6.45, 7) is 15.7. The summed E-state index contributed by atoms with van der Waals surface area (Å²) >= 11 is 0. The number of ether oxygens (including phenoxy) is 5. The summed E-state index contributed by atoms with van der Waals surface area (Å²) in [5.74, 6) is -3.47. The highest BCUT2D eigenvalue weighted by Gasteiger charge is 2.51. The van der Waals surface area contributed by atoms with E-state index in [1.165, 1.54) is 25.2 Å². The molecule has 4 fully saturated rings. The Morgan fingerprint density at radius 1 is 0.837 bits per heavy atom. The summed E-state index contributed by atoms with van der Waals surface area (Å²) < 4.78 is 29.3. The van der Waals surface area contributed by atoms with Gasteiger partial charge in [0.15, 0.2) is 0 Å². The third kappa shape index (κ3) is 22.3. The average Bonchev–Trinajstić information content (AvgIpc) is 3.94. The zero-order valence-electron chi connectivity index (χ0n) is 51.0. The summed E-state index contributed by atoms with van der Waals surface area (Å²) in [5.41, 5.74) is 6.46. The van der Waals surface area contributed by atoms with Crippen molar-refractivity contribution in [3.8, 4) is 0 Å². The molecule has 1 spiro atoms. The molecule has 6 aliphatic rings. The van der Waals surface area contributed by atoms with Crippen molar-refractivity contribution in [3.05, 3.63) is 72.0 Å². The van der Waals surface area contributed by atoms with Crippen LogP contribution in [0.1, 0.15) is 139 Å². The lowest BCUT2D eigenvalue weighted by Crippen LogP contribution is -2.55. The van der Waals surface area contributed by atoms with Gasteiger partial charge in [0.25, 0.3) is 11.8 Å². The van der Waals surface area contributed by atoms with Gasteiger partial charge in [-0.1, -0.05) is 70.1 Å². The average molecular weight is 1200 g/mol. The second kappa shape index (κ2) is 32.5. The van der Waals surface area contributed by atoms with Gasteiger partial charge in [-0.3, -0.25) is 43.3 Å². The van der Waals surface area contributed by atoms with Gasteiger partial charge in [0.1, 0.15) is 24.8 Å². The smallest absolute Gasteiger partial charge is 0.407 e. The third-order valence-corrected chi connectivity index (χ3v) is 16.4. The standard InChI is InChI=1S/C62H91N9O15/c1-36(2)57(70-52(73)14-10-9-11-26-71-55(76)23-24-56(71)77)59(79)69-49(13-12-25-64-60(63)80)58(78)66-44-19-18-43(38(4)27-44)34-82-61(81)67-46-29-45(30-46)65-54(75)31-48-33-62(35-83-62)32-47(86-48)20-15-37(3)16-21-51-39(5)28-50(41(7)85-51)68-53(74)22-17-40(6)84-42(8)72/h15-20,22-24,27,36,38-41,43,45-51,57H,9-14,21,25-26,28-35H2,1-8H3,(H,65,75)(H,66,78)(H,67,81)(H,68,74)(H,69,79)(H,70,73)(H3,63,64,80)/b20-15+,22-17-,37-16+/t38?,39-,40-,41+,43?,45?,46?,47+,48+,49-,50+,51-,57-,62+/m0/s1. The molecule has 24 heteroatoms. The highest BCUT2D eigenvalue weighted by molar-refractivity contribution is 6.12. The number of unbranched alkanes of at least 4 members (excludes halogenated alkanes) is 2. The van der Waals surface area contributed by atoms with Crippen molar-refractivity contribution in [3.63, 3.8) is 0 Å². The van der Waals surface area contributed by atoms with Gasteiger partial charge in [-0.15, -0.1) is 0 Å². The Balaban J connectivity index is 0.869. The van der Waals surface area contributed by atoms with Gasteiger partial charge in [0.2, 0.25) is 29.5 Å². The monoisotopic (exact) mass is 1200 g/mol. The number of esters is 1. The van der Waals surface area contributed by atoms with Crippen molar-refractivity contribution in [1.29, 1.82) is 0 Å². The normalized spacial score (nSPS) is 28.0. The minimum Gasteiger partial charge on any atom is -0.459 e. The second-order valence-corrected chi connectivity index (χ2v) is 24.2. The van der Waals surface area contributed by atoms with E-state index in [0.29, 0.717) is 70.1 Å². The number of alkyl carbamates (subject to hydrolysis) is 1. The number of nitrogens with two attached hydrogens (primary N) is 1. The van der Waals surface area contributed by atoms with Crippen LogP contribution in [0.3, 0.4) is 0 Å². The molecule has 2 aliphatic carbocycles. The van der Waals surface area contributed by atoms with E-state index in [2.05, 4.69) is 50.2 Å². The quantitative estimate of drug-likeness (QED) is 0.0125. The van der Waals surface area contributed by atoms with Crippen molar-refractivity contribution in [2.45, 2.75) is 205 Å². The van der Waals surface area contributed by atoms with Gasteiger partial charge in [0.05, 0.1) is 49.1 Å². The molecule has 4 heterocycles. The number of nitrogens with zero attached hydrogens (tertiary/aromatic N) is 1. The molecule has 3 saturated heterocycles. The van der Waals surface area contributed by atoms with Crippen LogP contribution in [0, 0.1) is 23.7 Å². The van der Waals surface area contributed by atoms with Crippen LogP contribution >= 0.6 is 0 Å². The number of imide groups is 1. The summed E-state index contributed by atoms with van der Waals surface area (Å²) in [4.78, 5) is 126. The molecule has 474 valence electrons. The van der Waals surface area contributed by atoms with Crippen molar-refractivity contribution in [1.82, 2.24) is 42.1 Å². The molecular weight excluding hydrogens is 1110 g/mol. The SMILES string of the molecule is CC(=O)O[C@@H](C)/C=C\C(=O)N[C@@H]1C[C@H](C)[C@H](C/C=C(C)/C=C/[C@@H]2C[C@]3(CO3)C[C@@H](CC(=O)NC3CC(NC(=O)OCC4C=CC(NC(=O)[C@H](CCCNC(N)=O)NC(=O)[C@@H](NC(=O)CCCCCN5C(=O)C=CC5=O)C(C)C)=CC4C)C3)O2)O[C@@H]1C. The highest BCUT2D eigenvalue weighted by Crippen LogP contribution is 2.43. The van der Waals surface area contributed by atoms with E-state index in [1.807, 2.05) is 45.1 Å². The van der Waals surface area contributed by atoms with E-state index >= 15 is 0 Å². The number of rotatable bonds is 30. The minimum absolute atomic E-state index is 0.0210. The first-order chi connectivity index (χ1) is 40.8. The molecule has 2 unspecified atom stereocenters. The molecule has 0 aromatic carbocycles. The molecule has 6 rings (SSSR count). The summed E-state index contributed by atoms with van der Waals surface area (Å²) in [5, 5.41) is 19.9. The highest BCUT2D eigenvalue weighted by atomic mass is 16.6. The summed E-state index contributed by atoms with van der Waals surface area (Å²) in [6, 6.07) is -3.18. The van der Waals surface area contributed by atoms with Gasteiger partial charge in [-0.05, 0) is 102 Å². The van der Waals surface area contributed by atoms with Crippen LogP contribution in [0.25, 0.3) is 0 Å². The number of urea groups is 1. The molecule has 24 nitrogen and oxygen atoms in total. The number of amides is 10. The maximum absolute atomic E-state index is 13.8. The lowest BCUT2D eigenvalue weighted by molar-refractivity contribution is -0.143. The lowest BCUT2D eigenvalue weighted by atomic mass is 9.86. The van der Waals surface area contributed by atoms with Gasteiger partial charge in [-0.2, -0.15) is 0 Å². The number of hydrogen-bond donors (Lipinski definition) is 8. The van der Waals surface area contributed by atoms with E-state index in [0.717, 1.165) is 16.9 Å². The molecule has 1 saturated carbocycles. The Hall–Kier alpha value is -7.18. The van der Waals surface area contributed by atoms with Crippen molar-refractivity contribution >= 4 is 59.4 Å². The van der Waals surface area contributed by atoms with E-state index in [-0.39, 0.29) is 140 Å². The van der Waals surface area contributed by atoms with E-state index in [9.17, 15) is 47.9 Å². The molecule has 10 amide bonds. The lowest BCUT2D eigenvalue weighted by Gasteiger charge is -2.39. The van der Waals surface area contributed by atoms with Crippen molar-refractivity contribution < 1.29 is 71.6 Å². The molecule has 0 radical (unpaired) electrons. The van der Waals surface area contributed by atoms with Gasteiger partial charge in [0, 0.05) is 81.2 Å². The van der Waals surface area contributed by atoms with Crippen LogP contribution in [0.5, 0.6) is 0 Å². The van der Waals surface area contributed by atoms with Gasteiger partial charge >= 0.3 is 18.1 Å². The van der Waals surface area contributed by atoms with Crippen molar-refractivity contribution in [2.75, 3.05) is 26.3 Å². The Bertz CT molecular complexity index is 2620. The summed E-state index contributed by atoms with van der Waals surface area (Å²) in [7, 11) is 0. The van der Waals surface area contributed by atoms with Crippen molar-refractivity contribution in [2.24, 2.45) is 29.4 Å². The first kappa shape index (κ1) is 67.9. The maximum Gasteiger partial charge on any atom is 0.407 e. The van der Waals surface area contributed by atoms with Crippen LogP contribution in [-0.2, 0) is 62.0 Å². The number of carbonyl (C=O) groups excluding carboxylic acids is 10. The molecule has 12 atom stereocenters. The predicted octanol–water partition coefficient (Wildman–Crippen LogP) is 4.15. The van der Waals surface area contributed by atoms with E-state index in [4.69, 9.17) is 29.4 Å². The maximum atomic E-state index is 13.8. The molecule has 0 bridgehead atoms. The van der Waals surface area contributed by atoms with Crippen LogP contribution in [-0.4, -0.2) is 157 Å². The molecule has 0 aromatic rings. The fourth-order valence-electron chi connectivity index (χ4n) is 11.2. The number of primary amides is 1. The largest absolute Gasteiger partial charge is 0.459 e. The number of epoxide rings is 1. The summed E-state index contributed by atoms with van der Waals surface area (Å²) in [6.07, 6.45) is 21.3. The third-order valence-electron chi connectivity index (χ3n) is 16.4. The first-order valence-corrected chi connectivity index (χ1v) is 30.4. The Morgan fingerprint density at radius 3 is 2.23 bits per heavy atom. The molecule has 0 aromatic heterocycles. The Morgan fingerprint density at radius 2 is 1.56 bits per heavy atom.